The first-order valence-corrected chi connectivity index (χ1v) is 9.07. The number of carbonyl (C=O) groups excluding carboxylic acids is 1. The Morgan fingerprint density at radius 3 is 2.91 bits per heavy atom. The predicted octanol–water partition coefficient (Wildman–Crippen LogP) is 4.11. The zero-order valence-electron chi connectivity index (χ0n) is 13.1. The Kier molecular flexibility index (Phi) is 6.58. The van der Waals surface area contributed by atoms with E-state index in [0.717, 1.165) is 48.5 Å². The third-order valence-corrected chi connectivity index (χ3v) is 4.52. The quantitative estimate of drug-likeness (QED) is 0.581. The molecule has 1 aromatic carbocycles. The van der Waals surface area contributed by atoms with Crippen molar-refractivity contribution in [3.05, 3.63) is 23.2 Å². The van der Waals surface area contributed by atoms with Crippen molar-refractivity contribution in [1.82, 2.24) is 14.9 Å². The first kappa shape index (κ1) is 17.2. The summed E-state index contributed by atoms with van der Waals surface area (Å²) in [5, 5.41) is 4.49. The van der Waals surface area contributed by atoms with E-state index < -0.39 is 0 Å². The second-order valence-corrected chi connectivity index (χ2v) is 6.55. The average molecular weight is 340 g/mol. The van der Waals surface area contributed by atoms with E-state index in [1.54, 1.807) is 0 Å². The van der Waals surface area contributed by atoms with Crippen molar-refractivity contribution in [3.8, 4) is 0 Å². The summed E-state index contributed by atoms with van der Waals surface area (Å²) < 4.78 is 2.16. The van der Waals surface area contributed by atoms with Crippen LogP contribution in [0.3, 0.4) is 0 Å². The summed E-state index contributed by atoms with van der Waals surface area (Å²) in [6, 6.07) is 5.74. The molecule has 6 heteroatoms. The van der Waals surface area contributed by atoms with Gasteiger partial charge in [-0.25, -0.2) is 4.98 Å². The molecule has 0 unspecified atom stereocenters. The molecule has 0 aliphatic rings. The van der Waals surface area contributed by atoms with Crippen LogP contribution in [0.2, 0.25) is 5.02 Å². The van der Waals surface area contributed by atoms with E-state index in [1.165, 1.54) is 11.8 Å². The van der Waals surface area contributed by atoms with Crippen molar-refractivity contribution in [2.45, 2.75) is 44.8 Å². The van der Waals surface area contributed by atoms with Crippen molar-refractivity contribution in [1.29, 1.82) is 0 Å². The maximum atomic E-state index is 11.8. The van der Waals surface area contributed by atoms with E-state index in [0.29, 0.717) is 10.8 Å². The van der Waals surface area contributed by atoms with Crippen molar-refractivity contribution < 1.29 is 4.79 Å². The van der Waals surface area contributed by atoms with Crippen LogP contribution in [0, 0.1) is 0 Å². The van der Waals surface area contributed by atoms with Crippen LogP contribution in [0.15, 0.2) is 23.4 Å². The Morgan fingerprint density at radius 2 is 2.18 bits per heavy atom. The molecular weight excluding hydrogens is 318 g/mol. The van der Waals surface area contributed by atoms with Gasteiger partial charge in [-0.15, -0.1) is 0 Å². The van der Waals surface area contributed by atoms with Crippen molar-refractivity contribution in [3.63, 3.8) is 0 Å². The molecule has 1 amide bonds. The van der Waals surface area contributed by atoms with Gasteiger partial charge in [-0.1, -0.05) is 43.6 Å². The Labute approximate surface area is 140 Å². The minimum absolute atomic E-state index is 0.0617. The summed E-state index contributed by atoms with van der Waals surface area (Å²) in [4.78, 5) is 16.5. The van der Waals surface area contributed by atoms with Crippen molar-refractivity contribution in [2.24, 2.45) is 0 Å². The largest absolute Gasteiger partial charge is 0.355 e. The Hall–Kier alpha value is -1.20. The highest BCUT2D eigenvalue weighted by molar-refractivity contribution is 7.99. The summed E-state index contributed by atoms with van der Waals surface area (Å²) in [5.41, 5.74) is 1.95. The standard InChI is InChI=1S/C16H22ClN3OS/c1-3-5-8-18-15(21)11-22-16-19-13-10-12(17)6-7-14(13)20(16)9-4-2/h6-7,10H,3-5,8-9,11H2,1-2H3,(H,18,21). The van der Waals surface area contributed by atoms with E-state index in [2.05, 4.69) is 28.7 Å². The van der Waals surface area contributed by atoms with E-state index in [9.17, 15) is 4.79 Å². The average Bonchev–Trinajstić information content (AvgIpc) is 2.83. The fourth-order valence-corrected chi connectivity index (χ4v) is 3.25. The highest BCUT2D eigenvalue weighted by Crippen LogP contribution is 2.26. The molecule has 0 bridgehead atoms. The van der Waals surface area contributed by atoms with Crippen LogP contribution in [0.1, 0.15) is 33.1 Å². The minimum atomic E-state index is 0.0617. The molecule has 1 N–H and O–H groups in total. The number of rotatable bonds is 8. The van der Waals surface area contributed by atoms with Gasteiger partial charge in [0.05, 0.1) is 16.8 Å². The molecule has 2 rings (SSSR count). The molecule has 0 saturated carbocycles. The number of thioether (sulfide) groups is 1. The lowest BCUT2D eigenvalue weighted by Crippen LogP contribution is -2.26. The van der Waals surface area contributed by atoms with Gasteiger partial charge in [0.1, 0.15) is 0 Å². The number of hydrogen-bond donors (Lipinski definition) is 1. The van der Waals surface area contributed by atoms with E-state index >= 15 is 0 Å². The number of nitrogens with one attached hydrogen (secondary N) is 1. The van der Waals surface area contributed by atoms with E-state index in [-0.39, 0.29) is 5.91 Å². The van der Waals surface area contributed by atoms with Gasteiger partial charge in [0, 0.05) is 18.1 Å². The smallest absolute Gasteiger partial charge is 0.230 e. The molecule has 4 nitrogen and oxygen atoms in total. The number of halogens is 1. The van der Waals surface area contributed by atoms with Gasteiger partial charge in [-0.05, 0) is 31.0 Å². The molecule has 120 valence electrons. The molecule has 1 aromatic heterocycles. The topological polar surface area (TPSA) is 46.9 Å². The molecular formula is C16H22ClN3OS. The highest BCUT2D eigenvalue weighted by atomic mass is 35.5. The van der Waals surface area contributed by atoms with Crippen LogP contribution in [0.25, 0.3) is 11.0 Å². The zero-order valence-corrected chi connectivity index (χ0v) is 14.6. The molecule has 0 fully saturated rings. The second-order valence-electron chi connectivity index (χ2n) is 5.17. The normalized spacial score (nSPS) is 11.0. The molecule has 0 radical (unpaired) electrons. The summed E-state index contributed by atoms with van der Waals surface area (Å²) in [6.07, 6.45) is 3.12. The van der Waals surface area contributed by atoms with E-state index in [1.807, 2.05) is 18.2 Å². The van der Waals surface area contributed by atoms with Crippen LogP contribution in [0.5, 0.6) is 0 Å². The Balaban J connectivity index is 2.09. The van der Waals surface area contributed by atoms with Crippen LogP contribution in [-0.4, -0.2) is 27.8 Å². The zero-order chi connectivity index (χ0) is 15.9. The molecule has 2 aromatic rings. The number of unbranched alkanes of at least 4 members (excludes halogenated alkanes) is 1. The maximum absolute atomic E-state index is 11.8. The summed E-state index contributed by atoms with van der Waals surface area (Å²) in [5.74, 6) is 0.455. The molecule has 0 atom stereocenters. The van der Waals surface area contributed by atoms with Gasteiger partial charge < -0.3 is 9.88 Å². The van der Waals surface area contributed by atoms with Crippen LogP contribution >= 0.6 is 23.4 Å². The van der Waals surface area contributed by atoms with Gasteiger partial charge in [-0.2, -0.15) is 0 Å². The second kappa shape index (κ2) is 8.44. The molecule has 0 spiro atoms. The summed E-state index contributed by atoms with van der Waals surface area (Å²) >= 11 is 7.52. The fourth-order valence-electron chi connectivity index (χ4n) is 2.22. The fraction of sp³-hybridized carbons (Fsp3) is 0.500. The van der Waals surface area contributed by atoms with Gasteiger partial charge in [0.15, 0.2) is 5.16 Å². The minimum Gasteiger partial charge on any atom is -0.355 e. The van der Waals surface area contributed by atoms with Gasteiger partial charge in [0.2, 0.25) is 5.91 Å². The monoisotopic (exact) mass is 339 g/mol. The molecule has 0 aliphatic carbocycles. The Bertz CT molecular complexity index is 642. The van der Waals surface area contributed by atoms with Crippen LogP contribution < -0.4 is 5.32 Å². The number of aryl methyl sites for hydroxylation is 1. The summed E-state index contributed by atoms with van der Waals surface area (Å²) in [7, 11) is 0. The lowest BCUT2D eigenvalue weighted by Gasteiger charge is -2.07. The predicted molar refractivity (Wildman–Crippen MR) is 93.7 cm³/mol. The van der Waals surface area contributed by atoms with Crippen LogP contribution in [-0.2, 0) is 11.3 Å². The van der Waals surface area contributed by atoms with Crippen LogP contribution in [0.4, 0.5) is 0 Å². The van der Waals surface area contributed by atoms with Gasteiger partial charge in [-0.3, -0.25) is 4.79 Å². The third kappa shape index (κ3) is 4.40. The number of fused-ring (bicyclic) bond motifs is 1. The van der Waals surface area contributed by atoms with E-state index in [4.69, 9.17) is 11.6 Å². The number of carbonyl (C=O) groups is 1. The third-order valence-electron chi connectivity index (χ3n) is 3.31. The maximum Gasteiger partial charge on any atom is 0.230 e. The molecule has 22 heavy (non-hydrogen) atoms. The Morgan fingerprint density at radius 1 is 1.36 bits per heavy atom. The highest BCUT2D eigenvalue weighted by Gasteiger charge is 2.12. The number of nitrogens with zero attached hydrogens (tertiary/aromatic N) is 2. The number of aromatic nitrogens is 2. The number of imidazole rings is 1. The van der Waals surface area contributed by atoms with Gasteiger partial charge in [0.25, 0.3) is 0 Å². The number of amides is 1. The van der Waals surface area contributed by atoms with Crippen molar-refractivity contribution in [2.75, 3.05) is 12.3 Å². The molecule has 1 heterocycles. The van der Waals surface area contributed by atoms with Gasteiger partial charge >= 0.3 is 0 Å². The lowest BCUT2D eigenvalue weighted by atomic mass is 10.3. The first-order chi connectivity index (χ1) is 10.7. The molecule has 0 saturated heterocycles. The van der Waals surface area contributed by atoms with Crippen molar-refractivity contribution >= 4 is 40.3 Å². The first-order valence-electron chi connectivity index (χ1n) is 7.71. The number of hydrogen-bond acceptors (Lipinski definition) is 3. The molecule has 0 aliphatic heterocycles. The summed E-state index contributed by atoms with van der Waals surface area (Å²) in [6.45, 7) is 5.88. The number of benzene rings is 1. The SMILES string of the molecule is CCCCNC(=O)CSc1nc2cc(Cl)ccc2n1CCC. The lowest BCUT2D eigenvalue weighted by molar-refractivity contribution is -0.118.